The fraction of sp³-hybridized carbons (Fsp3) is 0.0789. The highest BCUT2D eigenvalue weighted by atomic mass is 16.3. The standard InChI is InChI=1S/C76H58O8/c77-65-41-67(79)59-37-57(65)73(53-29-21-49(22-30-53)45-13-5-1-6-14-45)58-38-60(68(80)42-66(58)78)75(55-33-25-51(26-34-55)47-17-9-3-10-18-47)62-40-64(72(84)44-70(62)82)76(56-35-27-52(28-36-56)48-19-11-4-12-20-48)63-39-61(69(81)43-71(63)83)74(59)54-31-23-50(24-32-54)46-15-7-2-8-16-46/h1-19,21-44,48,73-84H,20H2. The van der Waals surface area contributed by atoms with Crippen molar-refractivity contribution in [2.75, 3.05) is 0 Å². The predicted octanol–water partition coefficient (Wildman–Crippen LogP) is 17.0. The molecule has 8 nitrogen and oxygen atoms in total. The largest absolute Gasteiger partial charge is 0.507 e. The monoisotopic (exact) mass is 1100 g/mol. The van der Waals surface area contributed by atoms with Crippen molar-refractivity contribution in [3.8, 4) is 79.4 Å². The molecule has 13 rings (SSSR count). The number of hydrogen-bond acceptors (Lipinski definition) is 8. The molecule has 0 fully saturated rings. The summed E-state index contributed by atoms with van der Waals surface area (Å²) in [5, 5.41) is 99.7. The van der Waals surface area contributed by atoms with Gasteiger partial charge in [0.2, 0.25) is 0 Å². The number of phenols is 8. The Morgan fingerprint density at radius 1 is 0.226 bits per heavy atom. The van der Waals surface area contributed by atoms with Crippen molar-refractivity contribution >= 4 is 0 Å². The molecule has 0 aliphatic heterocycles. The molecule has 8 heteroatoms. The molecule has 0 radical (unpaired) electrons. The molecule has 3 atom stereocenters. The third-order valence-electron chi connectivity index (χ3n) is 16.9. The topological polar surface area (TPSA) is 162 Å². The minimum Gasteiger partial charge on any atom is -0.507 e. The molecule has 0 aromatic heterocycles. The van der Waals surface area contributed by atoms with Crippen molar-refractivity contribution in [3.63, 3.8) is 0 Å². The Labute approximate surface area is 487 Å². The third kappa shape index (κ3) is 9.83. The Hall–Kier alpha value is -10.7. The van der Waals surface area contributed by atoms with Gasteiger partial charge in [0.15, 0.2) is 0 Å². The smallest absolute Gasteiger partial charge is 0.123 e. The van der Waals surface area contributed by atoms with E-state index >= 15 is 0 Å². The van der Waals surface area contributed by atoms with Gasteiger partial charge in [0.25, 0.3) is 0 Å². The molecule has 0 saturated heterocycles. The molecular weight excluding hydrogens is 1040 g/mol. The van der Waals surface area contributed by atoms with Gasteiger partial charge in [0, 0.05) is 98.4 Å². The van der Waals surface area contributed by atoms with E-state index in [1.165, 1.54) is 24.3 Å². The summed E-state index contributed by atoms with van der Waals surface area (Å²) in [7, 11) is 0. The van der Waals surface area contributed by atoms with Crippen LogP contribution in [-0.2, 0) is 0 Å². The molecule has 2 aliphatic carbocycles. The van der Waals surface area contributed by atoms with Crippen molar-refractivity contribution in [1.29, 1.82) is 0 Å². The van der Waals surface area contributed by atoms with Crippen LogP contribution in [0.2, 0.25) is 0 Å². The second-order valence-corrected chi connectivity index (χ2v) is 21.9. The highest BCUT2D eigenvalue weighted by Gasteiger charge is 2.35. The second kappa shape index (κ2) is 22.0. The van der Waals surface area contributed by atoms with Crippen molar-refractivity contribution in [2.24, 2.45) is 0 Å². The van der Waals surface area contributed by atoms with Crippen LogP contribution in [0.15, 0.2) is 261 Å². The molecule has 84 heavy (non-hydrogen) atoms. The average Bonchev–Trinajstić information content (AvgIpc) is 2.11. The minimum atomic E-state index is -0.996. The van der Waals surface area contributed by atoms with E-state index in [2.05, 4.69) is 12.2 Å². The number of fused-ring (bicyclic) bond motifs is 8. The number of allylic oxidation sites excluding steroid dienone is 4. The lowest BCUT2D eigenvalue weighted by molar-refractivity contribution is 0.431. The maximum atomic E-state index is 12.5. The van der Waals surface area contributed by atoms with Crippen LogP contribution in [0.1, 0.15) is 108 Å². The summed E-state index contributed by atoms with van der Waals surface area (Å²) in [5.41, 5.74) is 11.6. The molecule has 8 N–H and O–H groups in total. The van der Waals surface area contributed by atoms with E-state index in [4.69, 9.17) is 0 Å². The van der Waals surface area contributed by atoms with E-state index in [1.54, 1.807) is 24.3 Å². The van der Waals surface area contributed by atoms with E-state index in [1.807, 2.05) is 200 Å². The zero-order valence-corrected chi connectivity index (χ0v) is 45.5. The van der Waals surface area contributed by atoms with Gasteiger partial charge in [-0.1, -0.05) is 212 Å². The fourth-order valence-electron chi connectivity index (χ4n) is 12.7. The molecule has 0 spiro atoms. The SMILES string of the molecule is Oc1cc(O)c2cc1C(c1ccc(-c3ccccc3)cc1)c1cc(c(O)cc1O)C(c1ccc(-c3ccccc3)cc1)c1cc(c(O)cc1O)C(c1ccc(C3C=CC=CC3)cc1)c1cc(c(O)cc1O)C2c1ccc(-c2ccccc2)cc1. The summed E-state index contributed by atoms with van der Waals surface area (Å²) in [6.45, 7) is 0. The number of phenolic OH excluding ortho intramolecular Hbond substituents is 8. The van der Waals surface area contributed by atoms with Gasteiger partial charge in [-0.05, 0) is 91.9 Å². The summed E-state index contributed by atoms with van der Waals surface area (Å²) >= 11 is 0. The van der Waals surface area contributed by atoms with Crippen LogP contribution in [-0.4, -0.2) is 40.9 Å². The quantitative estimate of drug-likeness (QED) is 0.0746. The number of aromatic hydroxyl groups is 8. The summed E-state index contributed by atoms with van der Waals surface area (Å²) in [6.07, 6.45) is 9.13. The molecular formula is C76H58O8. The van der Waals surface area contributed by atoms with E-state index in [0.29, 0.717) is 22.3 Å². The highest BCUT2D eigenvalue weighted by molar-refractivity contribution is 5.71. The molecule has 0 saturated carbocycles. The minimum absolute atomic E-state index is 0.116. The summed E-state index contributed by atoms with van der Waals surface area (Å²) in [5.74, 6) is -6.20. The Balaban J connectivity index is 1.12. The van der Waals surface area contributed by atoms with E-state index in [0.717, 1.165) is 45.4 Å². The molecule has 8 bridgehead atoms. The Morgan fingerprint density at radius 3 is 0.690 bits per heavy atom. The van der Waals surface area contributed by atoms with Crippen LogP contribution >= 0.6 is 0 Å². The molecule has 0 heterocycles. The van der Waals surface area contributed by atoms with Crippen LogP contribution in [0.3, 0.4) is 0 Å². The van der Waals surface area contributed by atoms with E-state index in [9.17, 15) is 40.9 Å². The van der Waals surface area contributed by atoms with Crippen LogP contribution in [0, 0.1) is 0 Å². The van der Waals surface area contributed by atoms with Crippen LogP contribution < -0.4 is 0 Å². The molecule has 0 amide bonds. The maximum absolute atomic E-state index is 12.5. The van der Waals surface area contributed by atoms with Crippen molar-refractivity contribution in [2.45, 2.75) is 36.0 Å². The Kier molecular flexibility index (Phi) is 13.8. The first kappa shape index (κ1) is 52.7. The van der Waals surface area contributed by atoms with Gasteiger partial charge in [-0.15, -0.1) is 0 Å². The highest BCUT2D eigenvalue weighted by Crippen LogP contribution is 2.54. The van der Waals surface area contributed by atoms with Crippen molar-refractivity contribution in [3.05, 3.63) is 333 Å². The van der Waals surface area contributed by atoms with Gasteiger partial charge in [-0.3, -0.25) is 0 Å². The number of rotatable bonds is 8. The summed E-state index contributed by atoms with van der Waals surface area (Å²) in [4.78, 5) is 0. The van der Waals surface area contributed by atoms with Crippen molar-refractivity contribution in [1.82, 2.24) is 0 Å². The Morgan fingerprint density at radius 2 is 0.452 bits per heavy atom. The first-order chi connectivity index (χ1) is 40.9. The maximum Gasteiger partial charge on any atom is 0.123 e. The second-order valence-electron chi connectivity index (χ2n) is 21.9. The van der Waals surface area contributed by atoms with Gasteiger partial charge in [0.1, 0.15) is 46.0 Å². The number of hydrogen-bond donors (Lipinski definition) is 8. The normalized spacial score (nSPS) is 17.2. The lowest BCUT2D eigenvalue weighted by Crippen LogP contribution is -2.13. The lowest BCUT2D eigenvalue weighted by Gasteiger charge is -2.30. The molecule has 3 unspecified atom stereocenters. The summed E-state index contributed by atoms with van der Waals surface area (Å²) in [6, 6.07) is 73.0. The number of benzene rings is 11. The zero-order valence-electron chi connectivity index (χ0n) is 45.5. The first-order valence-corrected chi connectivity index (χ1v) is 28.1. The molecule has 410 valence electrons. The molecule has 11 aromatic rings. The van der Waals surface area contributed by atoms with Gasteiger partial charge >= 0.3 is 0 Å². The van der Waals surface area contributed by atoms with Crippen LogP contribution in [0.4, 0.5) is 0 Å². The average molecular weight is 1100 g/mol. The van der Waals surface area contributed by atoms with Gasteiger partial charge in [-0.2, -0.15) is 0 Å². The van der Waals surface area contributed by atoms with Gasteiger partial charge < -0.3 is 40.9 Å². The van der Waals surface area contributed by atoms with Gasteiger partial charge in [0.05, 0.1) is 0 Å². The predicted molar refractivity (Wildman–Crippen MR) is 331 cm³/mol. The van der Waals surface area contributed by atoms with Crippen LogP contribution in [0.25, 0.3) is 33.4 Å². The van der Waals surface area contributed by atoms with Crippen LogP contribution in [0.5, 0.6) is 46.0 Å². The first-order valence-electron chi connectivity index (χ1n) is 28.1. The van der Waals surface area contributed by atoms with Gasteiger partial charge in [-0.25, -0.2) is 0 Å². The zero-order chi connectivity index (χ0) is 57.6. The molecule has 11 aromatic carbocycles. The van der Waals surface area contributed by atoms with E-state index < -0.39 is 23.7 Å². The van der Waals surface area contributed by atoms with E-state index in [-0.39, 0.29) is 96.4 Å². The fourth-order valence-corrected chi connectivity index (χ4v) is 12.7. The lowest BCUT2D eigenvalue weighted by atomic mass is 9.74. The Bertz CT molecular complexity index is 4090. The summed E-state index contributed by atoms with van der Waals surface area (Å²) < 4.78 is 0. The molecule has 2 aliphatic rings. The third-order valence-corrected chi connectivity index (χ3v) is 16.9. The van der Waals surface area contributed by atoms with Crippen molar-refractivity contribution < 1.29 is 40.9 Å².